The Kier molecular flexibility index (Phi) is 10.6. The van der Waals surface area contributed by atoms with Crippen LogP contribution in [0.1, 0.15) is 60.4 Å². The molecule has 1 aromatic heterocycles. The van der Waals surface area contributed by atoms with E-state index in [1.165, 1.54) is 7.11 Å². The number of rotatable bonds is 13. The number of aliphatic hydroxyl groups excluding tert-OH is 1. The van der Waals surface area contributed by atoms with E-state index in [1.807, 2.05) is 20.0 Å². The van der Waals surface area contributed by atoms with Crippen molar-refractivity contribution in [3.63, 3.8) is 0 Å². The lowest BCUT2D eigenvalue weighted by Gasteiger charge is -2.25. The second-order valence-electron chi connectivity index (χ2n) is 11.2. The monoisotopic (exact) mass is 608 g/mol. The molecule has 4 rings (SSSR count). The predicted molar refractivity (Wildman–Crippen MR) is 163 cm³/mol. The first-order valence-electron chi connectivity index (χ1n) is 14.4. The fraction of sp³-hybridized carbons (Fsp3) is 0.424. The van der Waals surface area contributed by atoms with Crippen molar-refractivity contribution in [1.82, 2.24) is 9.55 Å². The van der Waals surface area contributed by atoms with Crippen LogP contribution in [-0.2, 0) is 26.0 Å². The number of aryl methyl sites for hydroxylation is 1. The Morgan fingerprint density at radius 1 is 1.16 bits per heavy atom. The zero-order chi connectivity index (χ0) is 32.0. The summed E-state index contributed by atoms with van der Waals surface area (Å²) >= 11 is 0. The molecule has 1 aliphatic rings. The van der Waals surface area contributed by atoms with Crippen LogP contribution in [0.2, 0.25) is 0 Å². The first kappa shape index (κ1) is 32.9. The van der Waals surface area contributed by atoms with Gasteiger partial charge in [-0.25, -0.2) is 14.6 Å². The molecule has 3 aromatic rings. The van der Waals surface area contributed by atoms with Crippen LogP contribution in [0.4, 0.5) is 0 Å². The maximum absolute atomic E-state index is 13.1. The number of benzene rings is 2. The third kappa shape index (κ3) is 7.72. The largest absolute Gasteiger partial charge is 0.478 e. The molecule has 2 heterocycles. The second kappa shape index (κ2) is 14.2. The summed E-state index contributed by atoms with van der Waals surface area (Å²) in [4.78, 5) is 29.9. The van der Waals surface area contributed by atoms with E-state index in [0.29, 0.717) is 28.6 Å². The zero-order valence-electron chi connectivity index (χ0n) is 25.8. The van der Waals surface area contributed by atoms with Gasteiger partial charge in [-0.2, -0.15) is 0 Å². The highest BCUT2D eigenvalue weighted by Gasteiger charge is 2.45. The van der Waals surface area contributed by atoms with Gasteiger partial charge in [0.15, 0.2) is 12.6 Å². The molecule has 0 radical (unpaired) electrons. The normalized spacial score (nSPS) is 20.2. The molecule has 2 aromatic carbocycles. The van der Waals surface area contributed by atoms with Crippen LogP contribution in [0.5, 0.6) is 5.75 Å². The lowest BCUT2D eigenvalue weighted by atomic mass is 9.99. The number of aromatic carboxylic acids is 1. The highest BCUT2D eigenvalue weighted by Crippen LogP contribution is 2.35. The summed E-state index contributed by atoms with van der Waals surface area (Å²) in [6.07, 6.45) is 6.16. The number of nitrogens with zero attached hydrogens (tertiary/aromatic N) is 2. The number of fused-ring (bicyclic) bond motifs is 1. The van der Waals surface area contributed by atoms with Crippen LogP contribution >= 0.6 is 0 Å². The van der Waals surface area contributed by atoms with E-state index >= 15 is 0 Å². The maximum Gasteiger partial charge on any atom is 0.340 e. The number of imidazole rings is 1. The first-order valence-corrected chi connectivity index (χ1v) is 14.4. The van der Waals surface area contributed by atoms with Crippen LogP contribution in [0.25, 0.3) is 17.1 Å². The number of carbonyl (C=O) groups is 2. The molecule has 0 saturated carbocycles. The number of aromatic nitrogens is 2. The predicted octanol–water partition coefficient (Wildman–Crippen LogP) is 4.98. The number of ether oxygens (including phenoxy) is 5. The van der Waals surface area contributed by atoms with Gasteiger partial charge in [0.2, 0.25) is 0 Å². The van der Waals surface area contributed by atoms with Crippen molar-refractivity contribution in [1.29, 1.82) is 0 Å². The highest BCUT2D eigenvalue weighted by atomic mass is 16.8. The minimum absolute atomic E-state index is 0.0466. The number of carbonyl (C=O) groups excluding carboxylic acids is 1. The summed E-state index contributed by atoms with van der Waals surface area (Å²) in [5.41, 5.74) is 1.89. The van der Waals surface area contributed by atoms with Crippen molar-refractivity contribution in [3.05, 3.63) is 77.6 Å². The van der Waals surface area contributed by atoms with Gasteiger partial charge in [0.25, 0.3) is 0 Å². The molecule has 236 valence electrons. The molecule has 0 bridgehead atoms. The summed E-state index contributed by atoms with van der Waals surface area (Å²) in [7, 11) is 3.26. The average Bonchev–Trinajstić information content (AvgIpc) is 3.51. The molecule has 44 heavy (non-hydrogen) atoms. The Morgan fingerprint density at radius 2 is 1.89 bits per heavy atom. The number of hydrogen-bond donors (Lipinski definition) is 2. The van der Waals surface area contributed by atoms with Gasteiger partial charge in [0.1, 0.15) is 23.5 Å². The third-order valence-corrected chi connectivity index (χ3v) is 7.38. The number of carboxylic acids is 1. The van der Waals surface area contributed by atoms with E-state index in [2.05, 4.69) is 4.98 Å². The Bertz CT molecular complexity index is 1510. The van der Waals surface area contributed by atoms with Crippen molar-refractivity contribution in [2.45, 2.75) is 64.3 Å². The minimum Gasteiger partial charge on any atom is -0.478 e. The maximum atomic E-state index is 13.1. The smallest absolute Gasteiger partial charge is 0.340 e. The Balaban J connectivity index is 1.67. The number of esters is 1. The Morgan fingerprint density at radius 3 is 2.55 bits per heavy atom. The summed E-state index contributed by atoms with van der Waals surface area (Å²) in [5.74, 6) is -2.74. The molecule has 1 fully saturated rings. The van der Waals surface area contributed by atoms with E-state index in [4.69, 9.17) is 23.7 Å². The average molecular weight is 609 g/mol. The van der Waals surface area contributed by atoms with E-state index in [0.717, 1.165) is 0 Å². The van der Waals surface area contributed by atoms with E-state index in [-0.39, 0.29) is 24.0 Å². The van der Waals surface area contributed by atoms with Gasteiger partial charge >= 0.3 is 11.9 Å². The number of hydrogen-bond acceptors (Lipinski definition) is 9. The lowest BCUT2D eigenvalue weighted by molar-refractivity contribution is -0.152. The molecule has 5 atom stereocenters. The fourth-order valence-electron chi connectivity index (χ4n) is 4.96. The third-order valence-electron chi connectivity index (χ3n) is 7.38. The Labute approximate surface area is 256 Å². The standard InChI is InChI=1S/C33H40N2O9/c1-20(21(2)36)15-16-25(42-32(39)22-11-8-7-9-12-22)30-26(43-33(3,4)44-30)14-10-13-23-28(31(37)38)27(41-19-40-6)17-24-29(23)34-18-35(24)5/h7-13,15-18,20-21,25-26,30,36H,14,19H2,1-6H3,(H,37,38)/t20-,21+,25?,26+,30-/m1/s1. The van der Waals surface area contributed by atoms with Gasteiger partial charge in [0, 0.05) is 25.8 Å². The molecule has 11 heteroatoms. The summed E-state index contributed by atoms with van der Waals surface area (Å²) in [5, 5.41) is 20.2. The molecule has 1 unspecified atom stereocenters. The molecule has 2 N–H and O–H groups in total. The van der Waals surface area contributed by atoms with E-state index < -0.39 is 42.1 Å². The number of carboxylic acid groups (broad SMARTS) is 1. The van der Waals surface area contributed by atoms with Gasteiger partial charge < -0.3 is 38.5 Å². The molecule has 0 spiro atoms. The SMILES string of the molecule is COCOc1cc2c(ncn2C)c(C=CC[C@@H]2OC(C)(C)O[C@@H]2C(C=C[C@@H](C)[C@H](C)O)OC(=O)c2ccccc2)c1C(=O)O. The van der Waals surface area contributed by atoms with Crippen molar-refractivity contribution >= 4 is 29.0 Å². The van der Waals surface area contributed by atoms with Crippen molar-refractivity contribution < 1.29 is 43.5 Å². The fourth-order valence-corrected chi connectivity index (χ4v) is 4.96. The van der Waals surface area contributed by atoms with Gasteiger partial charge in [-0.05, 0) is 51.3 Å². The summed E-state index contributed by atoms with van der Waals surface area (Å²) < 4.78 is 30.9. The molecule has 0 aliphatic carbocycles. The van der Waals surface area contributed by atoms with Gasteiger partial charge in [-0.15, -0.1) is 0 Å². The quantitative estimate of drug-likeness (QED) is 0.155. The van der Waals surface area contributed by atoms with E-state index in [1.54, 1.807) is 86.3 Å². The van der Waals surface area contributed by atoms with Gasteiger partial charge in [-0.3, -0.25) is 0 Å². The van der Waals surface area contributed by atoms with Crippen molar-refractivity contribution in [2.24, 2.45) is 13.0 Å². The van der Waals surface area contributed by atoms with Crippen LogP contribution < -0.4 is 4.74 Å². The molecule has 11 nitrogen and oxygen atoms in total. The van der Waals surface area contributed by atoms with Crippen molar-refractivity contribution in [3.8, 4) is 5.75 Å². The van der Waals surface area contributed by atoms with E-state index in [9.17, 15) is 19.8 Å². The molecule has 0 amide bonds. The van der Waals surface area contributed by atoms with Crippen LogP contribution in [-0.4, -0.2) is 75.8 Å². The first-order chi connectivity index (χ1) is 20.9. The molecular formula is C33H40N2O9. The van der Waals surface area contributed by atoms with Crippen LogP contribution in [0, 0.1) is 5.92 Å². The molecule has 1 aliphatic heterocycles. The van der Waals surface area contributed by atoms with Crippen LogP contribution in [0.15, 0.2) is 61.0 Å². The van der Waals surface area contributed by atoms with Crippen LogP contribution in [0.3, 0.4) is 0 Å². The second-order valence-corrected chi connectivity index (χ2v) is 11.2. The molecular weight excluding hydrogens is 568 g/mol. The number of methoxy groups -OCH3 is 1. The van der Waals surface area contributed by atoms with Crippen molar-refractivity contribution in [2.75, 3.05) is 13.9 Å². The lowest BCUT2D eigenvalue weighted by Crippen LogP contribution is -2.37. The Hall–Kier alpha value is -4.03. The van der Waals surface area contributed by atoms with Gasteiger partial charge in [0.05, 0.1) is 35.1 Å². The summed E-state index contributed by atoms with van der Waals surface area (Å²) in [6, 6.07) is 10.3. The minimum atomic E-state index is -1.17. The van der Waals surface area contributed by atoms with Gasteiger partial charge in [-0.1, -0.05) is 43.4 Å². The zero-order valence-corrected chi connectivity index (χ0v) is 25.8. The highest BCUT2D eigenvalue weighted by molar-refractivity contribution is 6.03. The topological polar surface area (TPSA) is 139 Å². The summed E-state index contributed by atoms with van der Waals surface area (Å²) in [6.45, 7) is 6.97. The molecule has 1 saturated heterocycles. The number of aliphatic hydroxyl groups is 1.